The van der Waals surface area contributed by atoms with Gasteiger partial charge >= 0.3 is 0 Å². The number of rotatable bonds is 7. The van der Waals surface area contributed by atoms with Crippen molar-refractivity contribution in [2.75, 3.05) is 6.61 Å². The summed E-state index contributed by atoms with van der Waals surface area (Å²) in [4.78, 5) is 0. The molecule has 152 valence electrons. The van der Waals surface area contributed by atoms with Gasteiger partial charge < -0.3 is 14.9 Å². The molecule has 0 aliphatic carbocycles. The smallest absolute Gasteiger partial charge is 0.119 e. The van der Waals surface area contributed by atoms with Gasteiger partial charge in [0.2, 0.25) is 0 Å². The molecule has 5 heteroatoms. The van der Waals surface area contributed by atoms with E-state index in [4.69, 9.17) is 20.4 Å². The SMILES string of the molecule is N#CCc1ccc(O)cc1.N#CCc1ccc(OCC(O)Cc2ccccc2)cc1. The Labute approximate surface area is 177 Å². The number of hydrogen-bond acceptors (Lipinski definition) is 5. The third kappa shape index (κ3) is 8.48. The molecule has 0 aliphatic rings. The normalized spacial score (nSPS) is 10.6. The van der Waals surface area contributed by atoms with Gasteiger partial charge in [0.05, 0.1) is 31.1 Å². The van der Waals surface area contributed by atoms with Crippen molar-refractivity contribution in [3.63, 3.8) is 0 Å². The number of hydrogen-bond donors (Lipinski definition) is 2. The van der Waals surface area contributed by atoms with Crippen LogP contribution >= 0.6 is 0 Å². The minimum Gasteiger partial charge on any atom is -0.508 e. The summed E-state index contributed by atoms with van der Waals surface area (Å²) in [6.45, 7) is 0.256. The maximum absolute atomic E-state index is 9.93. The molecule has 0 saturated carbocycles. The predicted octanol–water partition coefficient (Wildman–Crippen LogP) is 4.19. The predicted molar refractivity (Wildman–Crippen MR) is 115 cm³/mol. The van der Waals surface area contributed by atoms with E-state index in [1.165, 1.54) is 0 Å². The van der Waals surface area contributed by atoms with E-state index < -0.39 is 6.10 Å². The third-order valence-electron chi connectivity index (χ3n) is 4.18. The molecule has 0 aliphatic heterocycles. The van der Waals surface area contributed by atoms with E-state index in [0.717, 1.165) is 16.7 Å². The average Bonchev–Trinajstić information content (AvgIpc) is 2.76. The number of ether oxygens (including phenoxy) is 1. The van der Waals surface area contributed by atoms with Crippen LogP contribution in [-0.2, 0) is 19.3 Å². The molecule has 0 spiro atoms. The van der Waals surface area contributed by atoms with Crippen molar-refractivity contribution in [1.82, 2.24) is 0 Å². The van der Waals surface area contributed by atoms with Gasteiger partial charge in [-0.3, -0.25) is 0 Å². The first-order valence-electron chi connectivity index (χ1n) is 9.56. The summed E-state index contributed by atoms with van der Waals surface area (Å²) in [6.07, 6.45) is 0.848. The Morgan fingerprint density at radius 1 is 0.733 bits per heavy atom. The van der Waals surface area contributed by atoms with Crippen LogP contribution in [-0.4, -0.2) is 22.9 Å². The molecule has 5 nitrogen and oxygen atoms in total. The van der Waals surface area contributed by atoms with E-state index in [9.17, 15) is 5.11 Å². The lowest BCUT2D eigenvalue weighted by Crippen LogP contribution is -2.20. The molecule has 0 saturated heterocycles. The first-order chi connectivity index (χ1) is 14.6. The highest BCUT2D eigenvalue weighted by atomic mass is 16.5. The first-order valence-corrected chi connectivity index (χ1v) is 9.56. The van der Waals surface area contributed by atoms with Crippen LogP contribution < -0.4 is 4.74 Å². The maximum atomic E-state index is 9.93. The fourth-order valence-corrected chi connectivity index (χ4v) is 2.64. The Morgan fingerprint density at radius 2 is 1.27 bits per heavy atom. The highest BCUT2D eigenvalue weighted by Crippen LogP contribution is 2.13. The number of phenols is 1. The Balaban J connectivity index is 0.000000269. The van der Waals surface area contributed by atoms with Crippen molar-refractivity contribution in [2.45, 2.75) is 25.4 Å². The summed E-state index contributed by atoms with van der Waals surface area (Å²) in [5, 5.41) is 35.6. The zero-order valence-electron chi connectivity index (χ0n) is 16.6. The van der Waals surface area contributed by atoms with E-state index >= 15 is 0 Å². The molecule has 1 unspecified atom stereocenters. The highest BCUT2D eigenvalue weighted by molar-refractivity contribution is 5.29. The van der Waals surface area contributed by atoms with E-state index in [1.807, 2.05) is 60.7 Å². The van der Waals surface area contributed by atoms with Crippen LogP contribution in [0.25, 0.3) is 0 Å². The number of aliphatic hydroxyl groups excluding tert-OH is 1. The molecule has 0 heterocycles. The molecule has 2 N–H and O–H groups in total. The first kappa shape index (κ1) is 22.5. The van der Waals surface area contributed by atoms with Crippen molar-refractivity contribution < 1.29 is 14.9 Å². The Hall–Kier alpha value is -3.80. The average molecular weight is 400 g/mol. The zero-order chi connectivity index (χ0) is 21.6. The van der Waals surface area contributed by atoms with Gasteiger partial charge in [-0.2, -0.15) is 10.5 Å². The van der Waals surface area contributed by atoms with Crippen LogP contribution in [0.4, 0.5) is 0 Å². The summed E-state index contributed by atoms with van der Waals surface area (Å²) in [6, 6.07) is 27.9. The van der Waals surface area contributed by atoms with Crippen molar-refractivity contribution >= 4 is 0 Å². The number of aromatic hydroxyl groups is 1. The monoisotopic (exact) mass is 400 g/mol. The second kappa shape index (κ2) is 12.6. The third-order valence-corrected chi connectivity index (χ3v) is 4.18. The van der Waals surface area contributed by atoms with Crippen molar-refractivity contribution in [2.24, 2.45) is 0 Å². The summed E-state index contributed by atoms with van der Waals surface area (Å²) in [7, 11) is 0. The fourth-order valence-electron chi connectivity index (χ4n) is 2.64. The van der Waals surface area contributed by atoms with Gasteiger partial charge in [-0.05, 0) is 41.0 Å². The van der Waals surface area contributed by atoms with Crippen molar-refractivity contribution in [3.05, 3.63) is 95.6 Å². The number of phenolic OH excluding ortho intramolecular Hbond substituents is 1. The van der Waals surface area contributed by atoms with Gasteiger partial charge in [0.25, 0.3) is 0 Å². The second-order valence-corrected chi connectivity index (χ2v) is 6.63. The Kier molecular flexibility index (Phi) is 9.46. The van der Waals surface area contributed by atoms with Gasteiger partial charge in [0.1, 0.15) is 18.1 Å². The largest absolute Gasteiger partial charge is 0.508 e. The molecule has 3 aromatic rings. The van der Waals surface area contributed by atoms with Crippen LogP contribution in [0.3, 0.4) is 0 Å². The van der Waals surface area contributed by atoms with Crippen LogP contribution in [0.5, 0.6) is 11.5 Å². The van der Waals surface area contributed by atoms with Gasteiger partial charge in [0.15, 0.2) is 0 Å². The summed E-state index contributed by atoms with van der Waals surface area (Å²) in [5.41, 5.74) is 2.98. The van der Waals surface area contributed by atoms with Crippen LogP contribution in [0, 0.1) is 22.7 Å². The van der Waals surface area contributed by atoms with E-state index in [1.54, 1.807) is 24.3 Å². The fraction of sp³-hybridized carbons (Fsp3) is 0.200. The van der Waals surface area contributed by atoms with Gasteiger partial charge in [-0.15, -0.1) is 0 Å². The van der Waals surface area contributed by atoms with Crippen LogP contribution in [0.1, 0.15) is 16.7 Å². The molecule has 1 atom stereocenters. The molecule has 30 heavy (non-hydrogen) atoms. The maximum Gasteiger partial charge on any atom is 0.119 e. The molecule has 0 radical (unpaired) electrons. The Bertz CT molecular complexity index is 957. The lowest BCUT2D eigenvalue weighted by molar-refractivity contribution is 0.108. The molecule has 0 fully saturated rings. The molecular formula is C25H24N2O3. The summed E-state index contributed by atoms with van der Waals surface area (Å²) < 4.78 is 5.54. The van der Waals surface area contributed by atoms with Crippen LogP contribution in [0.15, 0.2) is 78.9 Å². The number of aliphatic hydroxyl groups is 1. The topological polar surface area (TPSA) is 97.3 Å². The summed E-state index contributed by atoms with van der Waals surface area (Å²) >= 11 is 0. The molecule has 3 rings (SSSR count). The van der Waals surface area contributed by atoms with E-state index in [0.29, 0.717) is 25.0 Å². The second-order valence-electron chi connectivity index (χ2n) is 6.63. The quantitative estimate of drug-likeness (QED) is 0.620. The van der Waals surface area contributed by atoms with E-state index in [-0.39, 0.29) is 12.4 Å². The minimum atomic E-state index is -0.531. The van der Waals surface area contributed by atoms with E-state index in [2.05, 4.69) is 6.07 Å². The standard InChI is InChI=1S/C17H17NO2.C8H7NO/c18-11-10-14-6-8-17(9-7-14)20-13-16(19)12-15-4-2-1-3-5-15;9-6-5-7-1-3-8(10)4-2-7/h1-9,16,19H,10,12-13H2;1-4,10H,5H2. The van der Waals surface area contributed by atoms with Crippen molar-refractivity contribution in [1.29, 1.82) is 10.5 Å². The van der Waals surface area contributed by atoms with Crippen molar-refractivity contribution in [3.8, 4) is 23.6 Å². The van der Waals surface area contributed by atoms with Gasteiger partial charge in [-0.25, -0.2) is 0 Å². The van der Waals surface area contributed by atoms with Crippen LogP contribution in [0.2, 0.25) is 0 Å². The molecular weight excluding hydrogens is 376 g/mol. The lowest BCUT2D eigenvalue weighted by atomic mass is 10.1. The molecule has 0 aromatic heterocycles. The molecule has 0 bridgehead atoms. The molecule has 0 amide bonds. The number of benzene rings is 3. The van der Waals surface area contributed by atoms with Gasteiger partial charge in [-0.1, -0.05) is 54.6 Å². The zero-order valence-corrected chi connectivity index (χ0v) is 16.6. The number of nitriles is 2. The lowest BCUT2D eigenvalue weighted by Gasteiger charge is -2.12. The summed E-state index contributed by atoms with van der Waals surface area (Å²) in [5.74, 6) is 0.945. The Morgan fingerprint density at radius 3 is 1.80 bits per heavy atom. The molecule has 3 aromatic carbocycles. The highest BCUT2D eigenvalue weighted by Gasteiger charge is 2.06. The number of nitrogens with zero attached hydrogens (tertiary/aromatic N) is 2. The van der Waals surface area contributed by atoms with Gasteiger partial charge in [0, 0.05) is 6.42 Å². The minimum absolute atomic E-state index is 0.238.